The third kappa shape index (κ3) is 3.60. The number of aliphatic imine (C=N–C) groups is 1. The van der Waals surface area contributed by atoms with Crippen LogP contribution < -0.4 is 16.0 Å². The van der Waals surface area contributed by atoms with Crippen LogP contribution in [0.4, 0.5) is 0 Å². The molecule has 0 unspecified atom stereocenters. The first-order valence-electron chi connectivity index (χ1n) is 5.00. The molecule has 17 heavy (non-hydrogen) atoms. The fraction of sp³-hybridized carbons (Fsp3) is 0.182. The highest BCUT2D eigenvalue weighted by Crippen LogP contribution is 2.09. The predicted octanol–water partition coefficient (Wildman–Crippen LogP) is -0.566. The van der Waals surface area contributed by atoms with Gasteiger partial charge in [0.05, 0.1) is 0 Å². The minimum absolute atomic E-state index is 0.282. The first-order chi connectivity index (χ1) is 8.21. The number of amides is 1. The molecule has 1 aliphatic heterocycles. The zero-order valence-electron chi connectivity index (χ0n) is 9.65. The van der Waals surface area contributed by atoms with Crippen molar-refractivity contribution in [2.24, 2.45) is 4.99 Å². The van der Waals surface area contributed by atoms with E-state index in [1.54, 1.807) is 32.4 Å². The van der Waals surface area contributed by atoms with Gasteiger partial charge >= 0.3 is 0 Å². The number of hydrogen-bond acceptors (Lipinski definition) is 5. The summed E-state index contributed by atoms with van der Waals surface area (Å²) >= 11 is 0. The first kappa shape index (κ1) is 12.7. The molecule has 0 aromatic heterocycles. The highest BCUT2D eigenvalue weighted by Gasteiger charge is 2.18. The summed E-state index contributed by atoms with van der Waals surface area (Å²) in [4.78, 5) is 25.8. The average Bonchev–Trinajstić information content (AvgIpc) is 2.67. The van der Waals surface area contributed by atoms with Gasteiger partial charge in [-0.1, -0.05) is 6.08 Å². The summed E-state index contributed by atoms with van der Waals surface area (Å²) < 4.78 is 0. The Bertz CT molecular complexity index is 433. The molecule has 0 saturated heterocycles. The molecule has 6 nitrogen and oxygen atoms in total. The Morgan fingerprint density at radius 1 is 1.41 bits per heavy atom. The molecule has 0 aliphatic carbocycles. The lowest BCUT2D eigenvalue weighted by molar-refractivity contribution is -0.115. The van der Waals surface area contributed by atoms with Crippen molar-refractivity contribution in [1.29, 1.82) is 0 Å². The summed E-state index contributed by atoms with van der Waals surface area (Å²) in [5.41, 5.74) is 0.956. The van der Waals surface area contributed by atoms with Crippen molar-refractivity contribution >= 4 is 18.2 Å². The van der Waals surface area contributed by atoms with E-state index in [0.29, 0.717) is 17.8 Å². The molecule has 0 aromatic carbocycles. The van der Waals surface area contributed by atoms with Crippen molar-refractivity contribution in [3.63, 3.8) is 0 Å². The molecule has 1 rings (SSSR count). The molecular formula is C11H14N4O2. The molecule has 0 saturated carbocycles. The van der Waals surface area contributed by atoms with E-state index in [0.717, 1.165) is 0 Å². The second-order valence-electron chi connectivity index (χ2n) is 3.12. The second-order valence-corrected chi connectivity index (χ2v) is 3.12. The maximum Gasteiger partial charge on any atom is 0.276 e. The summed E-state index contributed by atoms with van der Waals surface area (Å²) in [5.74, 6) is 0.125. The molecule has 1 aliphatic rings. The Morgan fingerprint density at radius 2 is 2.18 bits per heavy atom. The van der Waals surface area contributed by atoms with Crippen molar-refractivity contribution in [2.45, 2.75) is 0 Å². The number of carbonyl (C=O) groups excluding carboxylic acids is 2. The largest absolute Gasteiger partial charge is 0.393 e. The monoisotopic (exact) mass is 234 g/mol. The zero-order chi connectivity index (χ0) is 12.7. The van der Waals surface area contributed by atoms with Gasteiger partial charge in [-0.05, 0) is 17.7 Å². The van der Waals surface area contributed by atoms with E-state index in [1.807, 2.05) is 0 Å². The highest BCUT2D eigenvalue weighted by molar-refractivity contribution is 6.11. The third-order valence-electron chi connectivity index (χ3n) is 1.92. The van der Waals surface area contributed by atoms with Gasteiger partial charge in [0, 0.05) is 20.3 Å². The number of nitrogens with one attached hydrogen (secondary N) is 3. The molecule has 0 aromatic rings. The topological polar surface area (TPSA) is 82.6 Å². The second kappa shape index (κ2) is 6.26. The number of aldehydes is 1. The van der Waals surface area contributed by atoms with E-state index in [9.17, 15) is 9.59 Å². The average molecular weight is 234 g/mol. The van der Waals surface area contributed by atoms with Crippen LogP contribution in [0, 0.1) is 0 Å². The van der Waals surface area contributed by atoms with E-state index in [2.05, 4.69) is 20.9 Å². The standard InChI is InChI=1S/C11H14N4O2/c1-12-7-8(4-3-5-16)6-9-10(17)15-11(13-2)14-9/h3-7,12H,1-2H3,(H2,13,14,15,17)/b4-3-,8-7+,9-6-. The van der Waals surface area contributed by atoms with Crippen molar-refractivity contribution < 1.29 is 9.59 Å². The molecular weight excluding hydrogens is 220 g/mol. The van der Waals surface area contributed by atoms with Crippen LogP contribution in [0.25, 0.3) is 0 Å². The first-order valence-corrected chi connectivity index (χ1v) is 5.00. The predicted molar refractivity (Wildman–Crippen MR) is 65.1 cm³/mol. The smallest absolute Gasteiger partial charge is 0.276 e. The van der Waals surface area contributed by atoms with E-state index in [1.165, 1.54) is 6.08 Å². The molecule has 0 spiro atoms. The van der Waals surface area contributed by atoms with Crippen LogP contribution in [-0.2, 0) is 9.59 Å². The van der Waals surface area contributed by atoms with Crippen LogP contribution in [0.15, 0.2) is 40.7 Å². The molecule has 6 heteroatoms. The van der Waals surface area contributed by atoms with Crippen molar-refractivity contribution in [2.75, 3.05) is 14.1 Å². The van der Waals surface area contributed by atoms with Crippen LogP contribution in [0.3, 0.4) is 0 Å². The fourth-order valence-electron chi connectivity index (χ4n) is 1.20. The Morgan fingerprint density at radius 3 is 2.71 bits per heavy atom. The van der Waals surface area contributed by atoms with Crippen LogP contribution in [0.2, 0.25) is 0 Å². The summed E-state index contributed by atoms with van der Waals surface area (Å²) in [6.45, 7) is 0. The van der Waals surface area contributed by atoms with Gasteiger partial charge in [0.15, 0.2) is 0 Å². The molecule has 90 valence electrons. The molecule has 3 N–H and O–H groups in total. The van der Waals surface area contributed by atoms with Gasteiger partial charge in [0.2, 0.25) is 5.96 Å². The summed E-state index contributed by atoms with van der Waals surface area (Å²) in [5, 5.41) is 8.11. The van der Waals surface area contributed by atoms with Crippen molar-refractivity contribution in [3.05, 3.63) is 35.7 Å². The Labute approximate surface area is 99.2 Å². The normalized spacial score (nSPS) is 18.2. The maximum absolute atomic E-state index is 11.5. The molecule has 0 radical (unpaired) electrons. The minimum atomic E-state index is -0.282. The Balaban J connectivity index is 2.95. The minimum Gasteiger partial charge on any atom is -0.393 e. The quantitative estimate of drug-likeness (QED) is 0.346. The SMILES string of the molecule is CN/C=C(\C=C/C=O)/C=C1\N=C(NC)NC1=O. The Kier molecular flexibility index (Phi) is 4.68. The molecule has 0 atom stereocenters. The Hall–Kier alpha value is -2.37. The number of hydrogen-bond donors (Lipinski definition) is 3. The van der Waals surface area contributed by atoms with Gasteiger partial charge < -0.3 is 10.6 Å². The van der Waals surface area contributed by atoms with Gasteiger partial charge in [-0.25, -0.2) is 4.99 Å². The van der Waals surface area contributed by atoms with Gasteiger partial charge in [-0.2, -0.15) is 0 Å². The van der Waals surface area contributed by atoms with E-state index in [4.69, 9.17) is 0 Å². The summed E-state index contributed by atoms with van der Waals surface area (Å²) in [7, 11) is 3.39. The van der Waals surface area contributed by atoms with Gasteiger partial charge in [-0.15, -0.1) is 0 Å². The lowest BCUT2D eigenvalue weighted by atomic mass is 10.2. The summed E-state index contributed by atoms with van der Waals surface area (Å²) in [6, 6.07) is 0. The van der Waals surface area contributed by atoms with Gasteiger partial charge in [0.25, 0.3) is 5.91 Å². The number of allylic oxidation sites excluding steroid dienone is 4. The van der Waals surface area contributed by atoms with Crippen LogP contribution >= 0.6 is 0 Å². The van der Waals surface area contributed by atoms with Crippen LogP contribution in [0.5, 0.6) is 0 Å². The number of carbonyl (C=O) groups is 2. The lowest BCUT2D eigenvalue weighted by Crippen LogP contribution is -2.33. The lowest BCUT2D eigenvalue weighted by Gasteiger charge is -1.95. The number of rotatable bonds is 4. The van der Waals surface area contributed by atoms with E-state index in [-0.39, 0.29) is 11.6 Å². The van der Waals surface area contributed by atoms with Crippen molar-refractivity contribution in [3.8, 4) is 0 Å². The molecule has 1 heterocycles. The highest BCUT2D eigenvalue weighted by atomic mass is 16.2. The summed E-state index contributed by atoms with van der Waals surface area (Å²) in [6.07, 6.45) is 6.83. The fourth-order valence-corrected chi connectivity index (χ4v) is 1.20. The number of nitrogens with zero attached hydrogens (tertiary/aromatic N) is 1. The molecule has 0 fully saturated rings. The third-order valence-corrected chi connectivity index (χ3v) is 1.92. The van der Waals surface area contributed by atoms with Crippen LogP contribution in [-0.4, -0.2) is 32.2 Å². The maximum atomic E-state index is 11.5. The zero-order valence-corrected chi connectivity index (χ0v) is 9.65. The van der Waals surface area contributed by atoms with E-state index >= 15 is 0 Å². The van der Waals surface area contributed by atoms with Gasteiger partial charge in [-0.3, -0.25) is 14.9 Å². The molecule has 1 amide bonds. The molecule has 0 bridgehead atoms. The number of guanidine groups is 1. The van der Waals surface area contributed by atoms with Gasteiger partial charge in [0.1, 0.15) is 12.0 Å². The van der Waals surface area contributed by atoms with E-state index < -0.39 is 0 Å². The van der Waals surface area contributed by atoms with Crippen LogP contribution in [0.1, 0.15) is 0 Å². The van der Waals surface area contributed by atoms with Crippen molar-refractivity contribution in [1.82, 2.24) is 16.0 Å².